The number of ether oxygens (including phenoxy) is 1. The van der Waals surface area contributed by atoms with E-state index in [9.17, 15) is 14.7 Å². The van der Waals surface area contributed by atoms with Gasteiger partial charge in [-0.05, 0) is 20.8 Å². The van der Waals surface area contributed by atoms with Gasteiger partial charge < -0.3 is 20.5 Å². The van der Waals surface area contributed by atoms with Crippen LogP contribution in [-0.4, -0.2) is 28.7 Å². The van der Waals surface area contributed by atoms with Gasteiger partial charge in [-0.1, -0.05) is 0 Å². The Kier molecular flexibility index (Phi) is 4.59. The normalized spacial score (nSPS) is 19.8. The maximum absolute atomic E-state index is 12.1. The zero-order valence-electron chi connectivity index (χ0n) is 12.0. The molecule has 21 heavy (non-hydrogen) atoms. The van der Waals surface area contributed by atoms with Crippen molar-refractivity contribution in [2.45, 2.75) is 32.9 Å². The molecule has 1 aromatic heterocycles. The second kappa shape index (κ2) is 6.23. The van der Waals surface area contributed by atoms with Gasteiger partial charge in [0.15, 0.2) is 0 Å². The number of hydrogen-bond donors (Lipinski definition) is 3. The summed E-state index contributed by atoms with van der Waals surface area (Å²) in [5.41, 5.74) is 0.763. The Labute approximate surface area is 126 Å². The highest BCUT2D eigenvalue weighted by Gasteiger charge is 2.34. The number of nitrogens with one attached hydrogen (secondary N) is 2. The summed E-state index contributed by atoms with van der Waals surface area (Å²) in [5.74, 6) is -0.499. The highest BCUT2D eigenvalue weighted by molar-refractivity contribution is 7.11. The largest absolute Gasteiger partial charge is 0.463 e. The zero-order valence-corrected chi connectivity index (χ0v) is 12.8. The number of aromatic nitrogens is 1. The third kappa shape index (κ3) is 3.22. The third-order valence-corrected chi connectivity index (χ3v) is 4.20. The molecule has 0 aromatic carbocycles. The van der Waals surface area contributed by atoms with Crippen LogP contribution in [0.4, 0.5) is 4.79 Å². The first-order valence-corrected chi connectivity index (χ1v) is 7.34. The highest BCUT2D eigenvalue weighted by atomic mass is 32.1. The molecule has 0 radical (unpaired) electrons. The number of rotatable bonds is 4. The highest BCUT2D eigenvalue weighted by Crippen LogP contribution is 2.32. The molecule has 0 fully saturated rings. The Morgan fingerprint density at radius 1 is 1.62 bits per heavy atom. The minimum absolute atomic E-state index is 0.243. The molecule has 1 aliphatic heterocycles. The van der Waals surface area contributed by atoms with Crippen molar-refractivity contribution in [2.75, 3.05) is 6.61 Å². The van der Waals surface area contributed by atoms with E-state index in [-0.39, 0.29) is 6.61 Å². The standard InChI is InChI=1S/C13H17N3O4S/c1-4-20-12(18)9-6(2)15-13(19)16-10(9)11-14-5-8(21-11)7(3)17/h5,7,10,17H,4H2,1-3H3,(H2,15,16,19). The van der Waals surface area contributed by atoms with Crippen LogP contribution >= 0.6 is 11.3 Å². The number of hydrogen-bond acceptors (Lipinski definition) is 6. The van der Waals surface area contributed by atoms with E-state index in [4.69, 9.17) is 4.74 Å². The Bertz CT molecular complexity index is 594. The lowest BCUT2D eigenvalue weighted by Crippen LogP contribution is -2.45. The molecule has 0 saturated heterocycles. The molecule has 0 saturated carbocycles. The molecule has 2 unspecified atom stereocenters. The number of carbonyl (C=O) groups excluding carboxylic acids is 2. The molecular weight excluding hydrogens is 294 g/mol. The molecule has 2 rings (SSSR count). The van der Waals surface area contributed by atoms with Gasteiger partial charge in [0.05, 0.1) is 23.2 Å². The van der Waals surface area contributed by atoms with Crippen molar-refractivity contribution in [3.63, 3.8) is 0 Å². The Hall–Kier alpha value is -1.93. The summed E-state index contributed by atoms with van der Waals surface area (Å²) in [7, 11) is 0. The number of aliphatic hydroxyl groups excluding tert-OH is 1. The molecule has 114 valence electrons. The number of aliphatic hydroxyl groups is 1. The average molecular weight is 311 g/mol. The maximum atomic E-state index is 12.1. The van der Waals surface area contributed by atoms with E-state index < -0.39 is 24.1 Å². The predicted octanol–water partition coefficient (Wildman–Crippen LogP) is 1.39. The van der Waals surface area contributed by atoms with Crippen LogP contribution in [0.25, 0.3) is 0 Å². The van der Waals surface area contributed by atoms with Crippen LogP contribution in [0.5, 0.6) is 0 Å². The van der Waals surface area contributed by atoms with Crippen LogP contribution < -0.4 is 10.6 Å². The van der Waals surface area contributed by atoms with Crippen molar-refractivity contribution < 1.29 is 19.4 Å². The van der Waals surface area contributed by atoms with Crippen molar-refractivity contribution in [2.24, 2.45) is 0 Å². The number of thiazole rings is 1. The number of nitrogens with zero attached hydrogens (tertiary/aromatic N) is 1. The number of urea groups is 1. The Morgan fingerprint density at radius 2 is 2.33 bits per heavy atom. The van der Waals surface area contributed by atoms with Crippen molar-refractivity contribution >= 4 is 23.3 Å². The Morgan fingerprint density at radius 3 is 2.90 bits per heavy atom. The van der Waals surface area contributed by atoms with Crippen LogP contribution in [0.15, 0.2) is 17.5 Å². The first kappa shape index (κ1) is 15.5. The van der Waals surface area contributed by atoms with Gasteiger partial charge in [0.25, 0.3) is 0 Å². The van der Waals surface area contributed by atoms with Crippen LogP contribution in [0.3, 0.4) is 0 Å². The fraction of sp³-hybridized carbons (Fsp3) is 0.462. The molecule has 2 atom stereocenters. The molecule has 7 nitrogen and oxygen atoms in total. The fourth-order valence-corrected chi connectivity index (χ4v) is 2.90. The average Bonchev–Trinajstić information content (AvgIpc) is 2.87. The van der Waals surface area contributed by atoms with E-state index in [2.05, 4.69) is 15.6 Å². The summed E-state index contributed by atoms with van der Waals surface area (Å²) in [6, 6.07) is -1.07. The number of carbonyl (C=O) groups is 2. The van der Waals surface area contributed by atoms with Gasteiger partial charge in [-0.3, -0.25) is 0 Å². The van der Waals surface area contributed by atoms with E-state index in [1.54, 1.807) is 20.8 Å². The van der Waals surface area contributed by atoms with Gasteiger partial charge in [0, 0.05) is 11.9 Å². The van der Waals surface area contributed by atoms with Crippen LogP contribution in [0.1, 0.15) is 42.8 Å². The molecule has 2 heterocycles. The van der Waals surface area contributed by atoms with Crippen LogP contribution in [0, 0.1) is 0 Å². The number of amides is 2. The fourth-order valence-electron chi connectivity index (χ4n) is 1.99. The second-order valence-corrected chi connectivity index (χ2v) is 5.66. The predicted molar refractivity (Wildman–Crippen MR) is 76.5 cm³/mol. The summed E-state index contributed by atoms with van der Waals surface area (Å²) in [6.45, 7) is 5.23. The van der Waals surface area contributed by atoms with Gasteiger partial charge in [-0.25, -0.2) is 14.6 Å². The van der Waals surface area contributed by atoms with E-state index in [1.807, 2.05) is 0 Å². The first-order chi connectivity index (χ1) is 9.93. The van der Waals surface area contributed by atoms with Crippen molar-refractivity contribution in [3.05, 3.63) is 27.4 Å². The first-order valence-electron chi connectivity index (χ1n) is 6.53. The third-order valence-electron chi connectivity index (χ3n) is 2.96. The molecular formula is C13H17N3O4S. The number of allylic oxidation sites excluding steroid dienone is 1. The number of esters is 1. The smallest absolute Gasteiger partial charge is 0.338 e. The maximum Gasteiger partial charge on any atom is 0.338 e. The Balaban J connectivity index is 2.39. The summed E-state index contributed by atoms with van der Waals surface area (Å²) >= 11 is 1.25. The SMILES string of the molecule is CCOC(=O)C1=C(C)NC(=O)NC1c1ncc(C(C)O)s1. The summed E-state index contributed by atoms with van der Waals surface area (Å²) in [4.78, 5) is 28.6. The van der Waals surface area contributed by atoms with E-state index >= 15 is 0 Å². The van der Waals surface area contributed by atoms with Crippen molar-refractivity contribution in [1.82, 2.24) is 15.6 Å². The molecule has 8 heteroatoms. The van der Waals surface area contributed by atoms with Gasteiger partial charge >= 0.3 is 12.0 Å². The summed E-state index contributed by atoms with van der Waals surface area (Å²) in [6.07, 6.45) is 0.890. The minimum Gasteiger partial charge on any atom is -0.463 e. The topological polar surface area (TPSA) is 101 Å². The van der Waals surface area contributed by atoms with Crippen LogP contribution in [0.2, 0.25) is 0 Å². The zero-order chi connectivity index (χ0) is 15.6. The summed E-state index contributed by atoms with van der Waals surface area (Å²) < 4.78 is 5.03. The van der Waals surface area contributed by atoms with Gasteiger partial charge in [0.2, 0.25) is 0 Å². The molecule has 0 spiro atoms. The van der Waals surface area contributed by atoms with Gasteiger partial charge in [-0.2, -0.15) is 0 Å². The lowest BCUT2D eigenvalue weighted by molar-refractivity contribution is -0.139. The second-order valence-electron chi connectivity index (χ2n) is 4.57. The molecule has 0 bridgehead atoms. The van der Waals surface area contributed by atoms with Crippen LogP contribution in [-0.2, 0) is 9.53 Å². The lowest BCUT2D eigenvalue weighted by Gasteiger charge is -2.26. The summed E-state index contributed by atoms with van der Waals surface area (Å²) in [5, 5.41) is 15.3. The quantitative estimate of drug-likeness (QED) is 0.730. The van der Waals surface area contributed by atoms with E-state index in [0.29, 0.717) is 21.2 Å². The van der Waals surface area contributed by atoms with E-state index in [0.717, 1.165) is 0 Å². The van der Waals surface area contributed by atoms with Crippen molar-refractivity contribution in [3.8, 4) is 0 Å². The van der Waals surface area contributed by atoms with Gasteiger partial charge in [-0.15, -0.1) is 11.3 Å². The monoisotopic (exact) mass is 311 g/mol. The minimum atomic E-state index is -0.671. The molecule has 0 aliphatic carbocycles. The molecule has 3 N–H and O–H groups in total. The lowest BCUT2D eigenvalue weighted by atomic mass is 10.0. The van der Waals surface area contributed by atoms with E-state index in [1.165, 1.54) is 17.5 Å². The molecule has 1 aromatic rings. The molecule has 2 amide bonds. The van der Waals surface area contributed by atoms with Gasteiger partial charge in [0.1, 0.15) is 11.0 Å². The molecule has 1 aliphatic rings. The van der Waals surface area contributed by atoms with Crippen molar-refractivity contribution in [1.29, 1.82) is 0 Å².